The molecule has 0 amide bonds. The van der Waals surface area contributed by atoms with Gasteiger partial charge in [0.05, 0.1) is 0 Å². The van der Waals surface area contributed by atoms with Crippen molar-refractivity contribution in [2.45, 2.75) is 0 Å². The molecule has 0 unspecified atom stereocenters. The van der Waals surface area contributed by atoms with Gasteiger partial charge in [-0.15, -0.1) is 10.1 Å². The molecule has 0 aromatic rings. The van der Waals surface area contributed by atoms with Gasteiger partial charge in [-0.2, -0.15) is 0 Å². The summed E-state index contributed by atoms with van der Waals surface area (Å²) in [6, 6.07) is 0. The van der Waals surface area contributed by atoms with Crippen molar-refractivity contribution in [2.75, 3.05) is 0 Å². The van der Waals surface area contributed by atoms with Crippen molar-refractivity contribution in [2.24, 2.45) is 0 Å². The first-order chi connectivity index (χ1) is 1.73. The number of hydrogen-bond acceptors (Lipinski definition) is 2. The number of hydrogen-bond donors (Lipinski definition) is 1. The van der Waals surface area contributed by atoms with Crippen molar-refractivity contribution in [1.29, 1.82) is 0 Å². The fourth-order valence-corrected chi connectivity index (χ4v) is 0. The molecule has 6 heteroatoms. The molecule has 0 aliphatic carbocycles. The van der Waals surface area contributed by atoms with Gasteiger partial charge in [0.1, 0.15) is 0 Å². The molecule has 0 rings (SSSR count). The van der Waals surface area contributed by atoms with E-state index >= 15 is 0 Å². The largest absolute Gasteiger partial charge is 0.328 e. The van der Waals surface area contributed by atoms with E-state index < -0.39 is 5.09 Å². The van der Waals surface area contributed by atoms with E-state index in [0.717, 1.165) is 0 Å². The van der Waals surface area contributed by atoms with Gasteiger partial charge in [0.25, 0.3) is 5.09 Å². The minimum Gasteiger partial charge on any atom is -0.328 e. The van der Waals surface area contributed by atoms with Gasteiger partial charge in [-0.3, -0.25) is 0 Å². The van der Waals surface area contributed by atoms with Gasteiger partial charge in [-0.05, 0) is 0 Å². The maximum Gasteiger partial charge on any atom is 0.291 e. The second kappa shape index (κ2) is 9.02. The zero-order chi connectivity index (χ0) is 3.58. The molecule has 0 aromatic carbocycles. The minimum absolute atomic E-state index is 0. The Morgan fingerprint density at radius 3 is 1.67 bits per heavy atom. The third-order valence-corrected chi connectivity index (χ3v) is 0. The summed E-state index contributed by atoms with van der Waals surface area (Å²) in [5.74, 6) is 0. The van der Waals surface area contributed by atoms with Crippen molar-refractivity contribution in [3.63, 3.8) is 0 Å². The van der Waals surface area contributed by atoms with Crippen molar-refractivity contribution in [3.05, 3.63) is 10.1 Å². The second-order valence-corrected chi connectivity index (χ2v) is 0.238. The summed E-state index contributed by atoms with van der Waals surface area (Å²) in [7, 11) is 0. The molecule has 1 radical (unpaired) electrons. The molecule has 0 aliphatic rings. The molecule has 0 atom stereocenters. The van der Waals surface area contributed by atoms with Gasteiger partial charge in [-0.1, -0.05) is 0 Å². The van der Waals surface area contributed by atoms with E-state index in [1.54, 1.807) is 0 Å². The van der Waals surface area contributed by atoms with Crippen LogP contribution in [0.1, 0.15) is 0 Å². The van der Waals surface area contributed by atoms with E-state index in [1.165, 1.54) is 0 Å². The molecule has 1 N–H and O–H groups in total. The maximum absolute atomic E-state index is 8.36. The van der Waals surface area contributed by atoms with Crippen LogP contribution in [0.25, 0.3) is 0 Å². The summed E-state index contributed by atoms with van der Waals surface area (Å²) < 4.78 is 0. The van der Waals surface area contributed by atoms with Crippen LogP contribution in [-0.4, -0.2) is 10.3 Å². The van der Waals surface area contributed by atoms with Gasteiger partial charge < -0.3 is 5.21 Å². The summed E-state index contributed by atoms with van der Waals surface area (Å²) in [5, 5.41) is 13.6. The number of rotatable bonds is 0. The molecular formula is HCuNO3Zn. The Kier molecular flexibility index (Phi) is 24.4. The standard InChI is InChI=1S/Cu.HNO3.Zn/c;2-1(3)4;/h;(H,2,3,4);. The Morgan fingerprint density at radius 1 is 1.67 bits per heavy atom. The predicted octanol–water partition coefficient (Wildman–Crippen LogP) is -0.353. The third kappa shape index (κ3) is 413. The SMILES string of the molecule is O=[N+]([O-])O.[Cu].[Zn]. The summed E-state index contributed by atoms with van der Waals surface area (Å²) in [5.41, 5.74) is 0. The van der Waals surface area contributed by atoms with E-state index in [-0.39, 0.29) is 36.5 Å². The van der Waals surface area contributed by atoms with E-state index in [4.69, 9.17) is 15.3 Å². The quantitative estimate of drug-likeness (QED) is 0.324. The first-order valence-electron chi connectivity index (χ1n) is 0.565. The van der Waals surface area contributed by atoms with Crippen LogP contribution in [0.2, 0.25) is 0 Å². The predicted molar refractivity (Wildman–Crippen MR) is 8.78 cm³/mol. The van der Waals surface area contributed by atoms with Gasteiger partial charge in [-0.25, -0.2) is 0 Å². The minimum atomic E-state index is -1.50. The van der Waals surface area contributed by atoms with Gasteiger partial charge >= 0.3 is 0 Å². The Balaban J connectivity index is -0.0000000450. The van der Waals surface area contributed by atoms with E-state index in [1.807, 2.05) is 0 Å². The Labute approximate surface area is 57.3 Å². The number of nitrogens with zero attached hydrogens (tertiary/aromatic N) is 1. The van der Waals surface area contributed by atoms with Crippen molar-refractivity contribution in [1.82, 2.24) is 0 Å². The second-order valence-electron chi connectivity index (χ2n) is 0.238. The fourth-order valence-electron chi connectivity index (χ4n) is 0. The summed E-state index contributed by atoms with van der Waals surface area (Å²) in [6.45, 7) is 0. The van der Waals surface area contributed by atoms with E-state index in [9.17, 15) is 0 Å². The molecule has 0 saturated carbocycles. The molecule has 0 bridgehead atoms. The van der Waals surface area contributed by atoms with E-state index in [2.05, 4.69) is 0 Å². The summed E-state index contributed by atoms with van der Waals surface area (Å²) in [6.07, 6.45) is 0. The summed E-state index contributed by atoms with van der Waals surface area (Å²) >= 11 is 0. The zero-order valence-electron chi connectivity index (χ0n) is 2.72. The van der Waals surface area contributed by atoms with Crippen LogP contribution >= 0.6 is 0 Å². The maximum atomic E-state index is 8.36. The van der Waals surface area contributed by atoms with Crippen LogP contribution in [-0.2, 0) is 36.5 Å². The zero-order valence-corrected chi connectivity index (χ0v) is 6.63. The van der Waals surface area contributed by atoms with Crippen molar-refractivity contribution >= 4 is 0 Å². The first kappa shape index (κ1) is 16.2. The molecular weight excluding hydrogens is 191 g/mol. The average Bonchev–Trinajstić information content (AvgIpc) is 0.811. The Hall–Kier alpha value is 0.343. The van der Waals surface area contributed by atoms with Crippen LogP contribution in [0.4, 0.5) is 0 Å². The molecule has 0 heterocycles. The van der Waals surface area contributed by atoms with Crippen LogP contribution in [0, 0.1) is 10.1 Å². The molecule has 0 fully saturated rings. The van der Waals surface area contributed by atoms with Crippen molar-refractivity contribution in [3.8, 4) is 0 Å². The molecule has 0 spiro atoms. The van der Waals surface area contributed by atoms with Gasteiger partial charge in [0.2, 0.25) is 0 Å². The molecule has 0 saturated heterocycles. The first-order valence-corrected chi connectivity index (χ1v) is 0.565. The fraction of sp³-hybridized carbons (Fsp3) is 0. The molecule has 6 heavy (non-hydrogen) atoms. The molecule has 4 nitrogen and oxygen atoms in total. The van der Waals surface area contributed by atoms with Crippen LogP contribution in [0.3, 0.4) is 0 Å². The molecule has 0 aliphatic heterocycles. The summed E-state index contributed by atoms with van der Waals surface area (Å²) in [4.78, 5) is 8.36. The molecule has 0 aromatic heterocycles. The van der Waals surface area contributed by atoms with Crippen LogP contribution in [0.5, 0.6) is 0 Å². The average molecular weight is 192 g/mol. The Morgan fingerprint density at radius 2 is 1.67 bits per heavy atom. The Bertz CT molecular complexity index is 33.8. The van der Waals surface area contributed by atoms with Crippen molar-refractivity contribution < 1.29 is 46.8 Å². The van der Waals surface area contributed by atoms with Crippen LogP contribution < -0.4 is 0 Å². The topological polar surface area (TPSA) is 63.4 Å². The molecule has 37 valence electrons. The monoisotopic (exact) mass is 190 g/mol. The van der Waals surface area contributed by atoms with Crippen LogP contribution in [0.15, 0.2) is 0 Å². The van der Waals surface area contributed by atoms with Gasteiger partial charge in [0.15, 0.2) is 0 Å². The normalized spacial score (nSPS) is 4.00. The van der Waals surface area contributed by atoms with Gasteiger partial charge in [0, 0.05) is 36.5 Å². The smallest absolute Gasteiger partial charge is 0.291 e. The third-order valence-electron chi connectivity index (χ3n) is 0. The van der Waals surface area contributed by atoms with E-state index in [0.29, 0.717) is 0 Å².